The molecule has 0 saturated heterocycles. The van der Waals surface area contributed by atoms with E-state index in [1.54, 1.807) is 0 Å². The zero-order valence-electron chi connectivity index (χ0n) is 29.2. The van der Waals surface area contributed by atoms with Gasteiger partial charge in [0.1, 0.15) is 0 Å². The van der Waals surface area contributed by atoms with Gasteiger partial charge in [-0.15, -0.1) is 0 Å². The first kappa shape index (κ1) is 33.7. The molecule has 8 aromatic rings. The van der Waals surface area contributed by atoms with Crippen molar-refractivity contribution in [3.8, 4) is 27.9 Å². The maximum atomic E-state index is 3.78. The van der Waals surface area contributed by atoms with Crippen molar-refractivity contribution in [2.24, 2.45) is 0 Å². The van der Waals surface area contributed by atoms with E-state index < -0.39 is 0 Å². The van der Waals surface area contributed by atoms with Crippen LogP contribution < -0.4 is 0 Å². The molecule has 0 N–H and O–H groups in total. The molecule has 0 fully saturated rings. The van der Waals surface area contributed by atoms with E-state index in [2.05, 4.69) is 208 Å². The number of hydrogen-bond acceptors (Lipinski definition) is 0. The largest absolute Gasteiger partial charge is 0.317 e. The lowest BCUT2D eigenvalue weighted by Gasteiger charge is -2.05. The van der Waals surface area contributed by atoms with Crippen molar-refractivity contribution in [2.75, 3.05) is 0 Å². The van der Waals surface area contributed by atoms with Crippen LogP contribution in [0.5, 0.6) is 0 Å². The van der Waals surface area contributed by atoms with E-state index in [1.807, 2.05) is 12.2 Å². The van der Waals surface area contributed by atoms with Crippen LogP contribution in [-0.2, 0) is 0 Å². The molecule has 0 atom stereocenters. The Morgan fingerprint density at radius 2 is 0.860 bits per heavy atom. The molecular weight excluding hydrogens is 603 g/mol. The van der Waals surface area contributed by atoms with Crippen molar-refractivity contribution in [3.05, 3.63) is 211 Å². The van der Waals surface area contributed by atoms with Crippen LogP contribution in [0.2, 0.25) is 0 Å². The second-order valence-electron chi connectivity index (χ2n) is 12.7. The van der Waals surface area contributed by atoms with Crippen LogP contribution in [0.4, 0.5) is 0 Å². The summed E-state index contributed by atoms with van der Waals surface area (Å²) in [6, 6.07) is 57.9. The van der Waals surface area contributed by atoms with Gasteiger partial charge >= 0.3 is 0 Å². The Morgan fingerprint density at radius 3 is 1.46 bits per heavy atom. The summed E-state index contributed by atoms with van der Waals surface area (Å²) >= 11 is 0. The van der Waals surface area contributed by atoms with Crippen LogP contribution in [0.1, 0.15) is 27.8 Å². The molecule has 0 aliphatic carbocycles. The average molecular weight is 646 g/mol. The molecular formula is C49H43N. The third-order valence-electron chi connectivity index (χ3n) is 8.92. The standard InChI is InChI=1S/C19H16.C15H13N.C15H14/c1-3-15-5-8-16(9-6-15)18-11-10-17-12-14(2)4-7-19(17)13-18;1-12-6-8-14(9-7-12)16-11-10-13-4-2-3-5-15(13)16;1-3-13-6-10-15(11-7-13)14-8-4-12(2)5-9-14/h3-13H,1H2,2H3;2-11H,1H3;3-11H,1H2,2H3. The van der Waals surface area contributed by atoms with Gasteiger partial charge in [0.25, 0.3) is 0 Å². The molecule has 50 heavy (non-hydrogen) atoms. The van der Waals surface area contributed by atoms with Gasteiger partial charge in [0.05, 0.1) is 5.52 Å². The van der Waals surface area contributed by atoms with Crippen LogP contribution in [0.15, 0.2) is 183 Å². The highest BCUT2D eigenvalue weighted by Crippen LogP contribution is 2.26. The number of nitrogens with zero attached hydrogens (tertiary/aromatic N) is 1. The second kappa shape index (κ2) is 15.8. The Balaban J connectivity index is 0.000000131. The Morgan fingerprint density at radius 1 is 0.400 bits per heavy atom. The van der Waals surface area contributed by atoms with Crippen LogP contribution >= 0.6 is 0 Å². The molecule has 0 saturated carbocycles. The molecule has 1 nitrogen and oxygen atoms in total. The van der Waals surface area contributed by atoms with Crippen molar-refractivity contribution < 1.29 is 0 Å². The SMILES string of the molecule is C=Cc1ccc(-c2ccc(C)cc2)cc1.C=Cc1ccc(-c2ccc3cc(C)ccc3c2)cc1.Cc1ccc(-n2ccc3ccccc32)cc1. The van der Waals surface area contributed by atoms with Crippen LogP contribution in [0, 0.1) is 20.8 Å². The van der Waals surface area contributed by atoms with Gasteiger partial charge in [0.2, 0.25) is 0 Å². The highest BCUT2D eigenvalue weighted by molar-refractivity contribution is 5.88. The zero-order chi connectivity index (χ0) is 34.9. The van der Waals surface area contributed by atoms with E-state index in [0.717, 1.165) is 11.1 Å². The quantitative estimate of drug-likeness (QED) is 0.175. The molecule has 0 aliphatic heterocycles. The first-order valence-electron chi connectivity index (χ1n) is 17.1. The second-order valence-corrected chi connectivity index (χ2v) is 12.7. The highest BCUT2D eigenvalue weighted by Gasteiger charge is 2.02. The predicted octanol–water partition coefficient (Wildman–Crippen LogP) is 13.7. The summed E-state index contributed by atoms with van der Waals surface area (Å²) in [7, 11) is 0. The third kappa shape index (κ3) is 8.27. The summed E-state index contributed by atoms with van der Waals surface area (Å²) < 4.78 is 2.22. The normalized spacial score (nSPS) is 10.5. The van der Waals surface area contributed by atoms with Crippen LogP contribution in [0.25, 0.3) is 61.8 Å². The molecule has 0 aliphatic rings. The van der Waals surface area contributed by atoms with Gasteiger partial charge in [-0.25, -0.2) is 0 Å². The number of aryl methyl sites for hydroxylation is 3. The van der Waals surface area contributed by atoms with Crippen molar-refractivity contribution in [1.29, 1.82) is 0 Å². The van der Waals surface area contributed by atoms with E-state index in [0.29, 0.717) is 0 Å². The smallest absolute Gasteiger partial charge is 0.0528 e. The third-order valence-corrected chi connectivity index (χ3v) is 8.92. The number of para-hydroxylation sites is 1. The van der Waals surface area contributed by atoms with E-state index in [1.165, 1.54) is 66.3 Å². The number of benzene rings is 7. The minimum atomic E-state index is 1.15. The van der Waals surface area contributed by atoms with Gasteiger partial charge in [-0.05, 0) is 101 Å². The zero-order valence-corrected chi connectivity index (χ0v) is 29.2. The van der Waals surface area contributed by atoms with E-state index in [-0.39, 0.29) is 0 Å². The minimum Gasteiger partial charge on any atom is -0.317 e. The number of fused-ring (bicyclic) bond motifs is 2. The van der Waals surface area contributed by atoms with E-state index >= 15 is 0 Å². The van der Waals surface area contributed by atoms with Gasteiger partial charge < -0.3 is 4.57 Å². The first-order valence-corrected chi connectivity index (χ1v) is 17.1. The maximum absolute atomic E-state index is 3.78. The Bertz CT molecular complexity index is 2330. The molecule has 1 heteroatoms. The summed E-state index contributed by atoms with van der Waals surface area (Å²) in [6.45, 7) is 13.9. The molecule has 0 spiro atoms. The molecule has 0 unspecified atom stereocenters. The van der Waals surface area contributed by atoms with Gasteiger partial charge in [-0.1, -0.05) is 175 Å². The van der Waals surface area contributed by atoms with Crippen LogP contribution in [-0.4, -0.2) is 4.57 Å². The van der Waals surface area contributed by atoms with Crippen molar-refractivity contribution >= 4 is 33.8 Å². The maximum Gasteiger partial charge on any atom is 0.0528 e. The van der Waals surface area contributed by atoms with E-state index in [4.69, 9.17) is 0 Å². The summed E-state index contributed by atoms with van der Waals surface area (Å²) in [5.41, 5.74) is 13.7. The van der Waals surface area contributed by atoms with Crippen molar-refractivity contribution in [2.45, 2.75) is 20.8 Å². The molecule has 244 valence electrons. The number of hydrogen-bond donors (Lipinski definition) is 0. The lowest BCUT2D eigenvalue weighted by Crippen LogP contribution is -1.90. The Kier molecular flexibility index (Phi) is 10.7. The van der Waals surface area contributed by atoms with Crippen molar-refractivity contribution in [1.82, 2.24) is 4.57 Å². The fraction of sp³-hybridized carbons (Fsp3) is 0.0612. The highest BCUT2D eigenvalue weighted by atomic mass is 15.0. The van der Waals surface area contributed by atoms with E-state index in [9.17, 15) is 0 Å². The fourth-order valence-electron chi connectivity index (χ4n) is 5.93. The summed E-state index contributed by atoms with van der Waals surface area (Å²) in [6.07, 6.45) is 5.85. The molecule has 8 rings (SSSR count). The lowest BCUT2D eigenvalue weighted by molar-refractivity contribution is 1.12. The fourth-order valence-corrected chi connectivity index (χ4v) is 5.93. The van der Waals surface area contributed by atoms with Crippen LogP contribution in [0.3, 0.4) is 0 Å². The topological polar surface area (TPSA) is 4.93 Å². The molecule has 1 heterocycles. The van der Waals surface area contributed by atoms with Gasteiger partial charge in [-0.3, -0.25) is 0 Å². The Hall–Kier alpha value is -6.18. The molecule has 0 bridgehead atoms. The van der Waals surface area contributed by atoms with Gasteiger partial charge in [-0.2, -0.15) is 0 Å². The number of aromatic nitrogens is 1. The lowest BCUT2D eigenvalue weighted by atomic mass is 9.99. The summed E-state index contributed by atoms with van der Waals surface area (Å²) in [5, 5.41) is 3.87. The average Bonchev–Trinajstić information content (AvgIpc) is 3.60. The molecule has 0 radical (unpaired) electrons. The van der Waals surface area contributed by atoms with Crippen molar-refractivity contribution in [3.63, 3.8) is 0 Å². The molecule has 1 aromatic heterocycles. The monoisotopic (exact) mass is 645 g/mol. The number of rotatable bonds is 5. The first-order chi connectivity index (χ1) is 24.4. The summed E-state index contributed by atoms with van der Waals surface area (Å²) in [4.78, 5) is 0. The Labute approximate surface area is 297 Å². The minimum absolute atomic E-state index is 1.15. The molecule has 0 amide bonds. The summed E-state index contributed by atoms with van der Waals surface area (Å²) in [5.74, 6) is 0. The van der Waals surface area contributed by atoms with Gasteiger partial charge in [0, 0.05) is 11.9 Å². The predicted molar refractivity (Wildman–Crippen MR) is 219 cm³/mol. The van der Waals surface area contributed by atoms with Gasteiger partial charge in [0.15, 0.2) is 0 Å². The molecule has 7 aromatic carbocycles.